The maximum Gasteiger partial charge on any atom is 0.237 e. The molecular weight excluding hydrogens is 204 g/mol. The molecule has 94 valence electrons. The SMILES string of the molecule is C[C@H]1OCCN(CCC(C)(C)C)[C@@H]1C(N)=O. The fraction of sp³-hybridized carbons (Fsp3) is 0.917. The van der Waals surface area contributed by atoms with Crippen LogP contribution < -0.4 is 5.73 Å². The number of carbonyl (C=O) groups excluding carboxylic acids is 1. The number of nitrogens with two attached hydrogens (primary N) is 1. The summed E-state index contributed by atoms with van der Waals surface area (Å²) < 4.78 is 5.47. The highest BCUT2D eigenvalue weighted by atomic mass is 16.5. The smallest absolute Gasteiger partial charge is 0.237 e. The van der Waals surface area contributed by atoms with Crippen LogP contribution in [-0.2, 0) is 9.53 Å². The third kappa shape index (κ3) is 3.76. The zero-order chi connectivity index (χ0) is 12.3. The fourth-order valence-electron chi connectivity index (χ4n) is 2.02. The van der Waals surface area contributed by atoms with E-state index in [1.807, 2.05) is 6.92 Å². The van der Waals surface area contributed by atoms with Crippen LogP contribution in [-0.4, -0.2) is 42.6 Å². The fourth-order valence-corrected chi connectivity index (χ4v) is 2.02. The molecule has 4 nitrogen and oxygen atoms in total. The van der Waals surface area contributed by atoms with E-state index in [1.54, 1.807) is 0 Å². The lowest BCUT2D eigenvalue weighted by atomic mass is 9.91. The maximum atomic E-state index is 11.4. The van der Waals surface area contributed by atoms with E-state index in [1.165, 1.54) is 0 Å². The number of carbonyl (C=O) groups is 1. The number of hydrogen-bond donors (Lipinski definition) is 1. The highest BCUT2D eigenvalue weighted by Crippen LogP contribution is 2.21. The summed E-state index contributed by atoms with van der Waals surface area (Å²) in [7, 11) is 0. The van der Waals surface area contributed by atoms with Crippen molar-refractivity contribution < 1.29 is 9.53 Å². The summed E-state index contributed by atoms with van der Waals surface area (Å²) in [6.45, 7) is 10.9. The van der Waals surface area contributed by atoms with Crippen LogP contribution in [0.15, 0.2) is 0 Å². The van der Waals surface area contributed by atoms with Gasteiger partial charge in [-0.05, 0) is 25.3 Å². The Morgan fingerprint density at radius 2 is 2.12 bits per heavy atom. The molecule has 16 heavy (non-hydrogen) atoms. The van der Waals surface area contributed by atoms with Gasteiger partial charge >= 0.3 is 0 Å². The average molecular weight is 228 g/mol. The van der Waals surface area contributed by atoms with Gasteiger partial charge in [0.25, 0.3) is 0 Å². The van der Waals surface area contributed by atoms with E-state index in [0.717, 1.165) is 19.5 Å². The molecule has 0 bridgehead atoms. The third-order valence-corrected chi connectivity index (χ3v) is 3.04. The molecule has 0 aromatic carbocycles. The average Bonchev–Trinajstić information content (AvgIpc) is 2.12. The molecule has 0 spiro atoms. The summed E-state index contributed by atoms with van der Waals surface area (Å²) in [6, 6.07) is -0.268. The summed E-state index contributed by atoms with van der Waals surface area (Å²) in [4.78, 5) is 13.6. The molecule has 1 aliphatic rings. The first-order valence-corrected chi connectivity index (χ1v) is 5.96. The van der Waals surface area contributed by atoms with Crippen molar-refractivity contribution >= 4 is 5.91 Å². The summed E-state index contributed by atoms with van der Waals surface area (Å²) in [5.41, 5.74) is 5.71. The van der Waals surface area contributed by atoms with Crippen LogP contribution in [0.2, 0.25) is 0 Å². The van der Waals surface area contributed by atoms with Gasteiger partial charge in [-0.2, -0.15) is 0 Å². The maximum absolute atomic E-state index is 11.4. The van der Waals surface area contributed by atoms with E-state index in [9.17, 15) is 4.79 Å². The first-order chi connectivity index (χ1) is 7.31. The van der Waals surface area contributed by atoms with Crippen molar-refractivity contribution in [3.8, 4) is 0 Å². The van der Waals surface area contributed by atoms with Crippen LogP contribution >= 0.6 is 0 Å². The second kappa shape index (κ2) is 5.15. The van der Waals surface area contributed by atoms with E-state index >= 15 is 0 Å². The van der Waals surface area contributed by atoms with Crippen molar-refractivity contribution in [2.75, 3.05) is 19.7 Å². The molecule has 0 radical (unpaired) electrons. The zero-order valence-corrected chi connectivity index (χ0v) is 10.8. The Morgan fingerprint density at radius 3 is 2.62 bits per heavy atom. The van der Waals surface area contributed by atoms with Crippen molar-refractivity contribution in [2.45, 2.75) is 46.3 Å². The molecule has 1 saturated heterocycles. The van der Waals surface area contributed by atoms with Gasteiger partial charge in [-0.3, -0.25) is 9.69 Å². The lowest BCUT2D eigenvalue weighted by Crippen LogP contribution is -2.56. The van der Waals surface area contributed by atoms with Gasteiger partial charge in [0.1, 0.15) is 6.04 Å². The minimum absolute atomic E-state index is 0.0915. The highest BCUT2D eigenvalue weighted by molar-refractivity contribution is 5.80. The molecule has 0 aliphatic carbocycles. The van der Waals surface area contributed by atoms with Crippen molar-refractivity contribution in [3.63, 3.8) is 0 Å². The Kier molecular flexibility index (Phi) is 4.33. The van der Waals surface area contributed by atoms with E-state index < -0.39 is 0 Å². The van der Waals surface area contributed by atoms with Crippen molar-refractivity contribution in [1.82, 2.24) is 4.90 Å². The summed E-state index contributed by atoms with van der Waals surface area (Å²) in [5.74, 6) is -0.277. The van der Waals surface area contributed by atoms with Crippen molar-refractivity contribution in [1.29, 1.82) is 0 Å². The Balaban J connectivity index is 2.58. The monoisotopic (exact) mass is 228 g/mol. The van der Waals surface area contributed by atoms with Crippen LogP contribution in [0.25, 0.3) is 0 Å². The van der Waals surface area contributed by atoms with E-state index in [0.29, 0.717) is 6.61 Å². The molecular formula is C12H24N2O2. The number of hydrogen-bond acceptors (Lipinski definition) is 3. The Bertz CT molecular complexity index is 248. The van der Waals surface area contributed by atoms with E-state index in [2.05, 4.69) is 25.7 Å². The quantitative estimate of drug-likeness (QED) is 0.784. The van der Waals surface area contributed by atoms with Crippen LogP contribution in [0.5, 0.6) is 0 Å². The molecule has 1 rings (SSSR count). The predicted octanol–water partition coefficient (Wildman–Crippen LogP) is 0.997. The van der Waals surface area contributed by atoms with Gasteiger partial charge in [-0.15, -0.1) is 0 Å². The molecule has 1 fully saturated rings. The van der Waals surface area contributed by atoms with Gasteiger partial charge in [0.15, 0.2) is 0 Å². The van der Waals surface area contributed by atoms with Gasteiger partial charge in [0.05, 0.1) is 12.7 Å². The molecule has 0 aromatic rings. The molecule has 2 atom stereocenters. The molecule has 0 unspecified atom stereocenters. The molecule has 4 heteroatoms. The number of morpholine rings is 1. The van der Waals surface area contributed by atoms with Crippen LogP contribution in [0.1, 0.15) is 34.1 Å². The lowest BCUT2D eigenvalue weighted by molar-refractivity contribution is -0.136. The van der Waals surface area contributed by atoms with E-state index in [4.69, 9.17) is 10.5 Å². The zero-order valence-electron chi connectivity index (χ0n) is 10.8. The second-order valence-electron chi connectivity index (χ2n) is 5.77. The standard InChI is InChI=1S/C12H24N2O2/c1-9-10(11(13)15)14(7-8-16-9)6-5-12(2,3)4/h9-10H,5-8H2,1-4H3,(H2,13,15)/t9-,10+/m1/s1. The number of amides is 1. The van der Waals surface area contributed by atoms with Gasteiger partial charge in [-0.25, -0.2) is 0 Å². The van der Waals surface area contributed by atoms with Gasteiger partial charge in [-0.1, -0.05) is 20.8 Å². The van der Waals surface area contributed by atoms with Crippen molar-refractivity contribution in [2.24, 2.45) is 11.1 Å². The molecule has 2 N–H and O–H groups in total. The van der Waals surface area contributed by atoms with Gasteiger partial charge in [0, 0.05) is 6.54 Å². The molecule has 1 aliphatic heterocycles. The number of nitrogens with zero attached hydrogens (tertiary/aromatic N) is 1. The molecule has 0 aromatic heterocycles. The minimum atomic E-state index is -0.277. The number of ether oxygens (including phenoxy) is 1. The second-order valence-corrected chi connectivity index (χ2v) is 5.77. The van der Waals surface area contributed by atoms with Crippen molar-refractivity contribution in [3.05, 3.63) is 0 Å². The Morgan fingerprint density at radius 1 is 1.50 bits per heavy atom. The molecule has 1 amide bonds. The number of rotatable bonds is 3. The van der Waals surface area contributed by atoms with Gasteiger partial charge < -0.3 is 10.5 Å². The van der Waals surface area contributed by atoms with Crippen LogP contribution in [0.3, 0.4) is 0 Å². The largest absolute Gasteiger partial charge is 0.375 e. The topological polar surface area (TPSA) is 55.6 Å². The third-order valence-electron chi connectivity index (χ3n) is 3.04. The van der Waals surface area contributed by atoms with Gasteiger partial charge in [0.2, 0.25) is 5.91 Å². The normalized spacial score (nSPS) is 28.0. The first kappa shape index (κ1) is 13.5. The van der Waals surface area contributed by atoms with Crippen LogP contribution in [0.4, 0.5) is 0 Å². The summed E-state index contributed by atoms with van der Waals surface area (Å²) in [6.07, 6.45) is 0.968. The molecule has 0 saturated carbocycles. The lowest BCUT2D eigenvalue weighted by Gasteiger charge is -2.39. The molecule has 1 heterocycles. The van der Waals surface area contributed by atoms with E-state index in [-0.39, 0.29) is 23.5 Å². The Labute approximate surface area is 98.1 Å². The first-order valence-electron chi connectivity index (χ1n) is 5.96. The van der Waals surface area contributed by atoms with Crippen LogP contribution in [0, 0.1) is 5.41 Å². The number of primary amides is 1. The summed E-state index contributed by atoms with van der Waals surface area (Å²) >= 11 is 0. The highest BCUT2D eigenvalue weighted by Gasteiger charge is 2.33. The summed E-state index contributed by atoms with van der Waals surface area (Å²) in [5, 5.41) is 0. The Hall–Kier alpha value is -0.610. The predicted molar refractivity (Wildman–Crippen MR) is 64.0 cm³/mol. The minimum Gasteiger partial charge on any atom is -0.375 e.